The number of aliphatic carboxylic acids is 1. The molecule has 0 spiro atoms. The number of carboxylic acids is 1. The molecule has 0 aliphatic rings. The van der Waals surface area contributed by atoms with E-state index in [1.165, 1.54) is 36.8 Å². The number of carboxylic acid groups (broad SMARTS) is 1. The lowest BCUT2D eigenvalue weighted by atomic mass is 10.1. The zero-order valence-electron chi connectivity index (χ0n) is 17.4. The van der Waals surface area contributed by atoms with Crippen LogP contribution < -0.4 is 9.47 Å². The third-order valence-electron chi connectivity index (χ3n) is 4.44. The van der Waals surface area contributed by atoms with Crippen molar-refractivity contribution < 1.29 is 19.4 Å². The summed E-state index contributed by atoms with van der Waals surface area (Å²) in [5, 5.41) is 8.47. The third kappa shape index (κ3) is 10.6. The summed E-state index contributed by atoms with van der Waals surface area (Å²) in [6, 6.07) is 16.2. The summed E-state index contributed by atoms with van der Waals surface area (Å²) in [4.78, 5) is 10.3. The summed E-state index contributed by atoms with van der Waals surface area (Å²) in [6.07, 6.45) is 7.84. The van der Waals surface area contributed by atoms with Crippen molar-refractivity contribution in [1.82, 2.24) is 0 Å². The summed E-state index contributed by atoms with van der Waals surface area (Å²) in [5.41, 5.74) is 2.58. The van der Waals surface area contributed by atoms with Crippen LogP contribution in [0.1, 0.15) is 56.6 Å². The van der Waals surface area contributed by atoms with Crippen LogP contribution in [0.15, 0.2) is 48.5 Å². The van der Waals surface area contributed by atoms with E-state index >= 15 is 0 Å². The second-order valence-electron chi connectivity index (χ2n) is 6.76. The van der Waals surface area contributed by atoms with Gasteiger partial charge in [0.1, 0.15) is 11.5 Å². The van der Waals surface area contributed by atoms with Crippen LogP contribution in [0.3, 0.4) is 0 Å². The minimum absolute atomic E-state index is 0.254. The molecule has 0 aliphatic heterocycles. The molecule has 0 atom stereocenters. The predicted octanol–water partition coefficient (Wildman–Crippen LogP) is 5.92. The van der Waals surface area contributed by atoms with Gasteiger partial charge in [0.2, 0.25) is 0 Å². The summed E-state index contributed by atoms with van der Waals surface area (Å²) in [7, 11) is 3.36. The molecule has 0 saturated heterocycles. The molecule has 2 rings (SSSR count). The molecule has 0 aliphatic carbocycles. The summed E-state index contributed by atoms with van der Waals surface area (Å²) in [5.74, 6) is 1.10. The van der Waals surface area contributed by atoms with Crippen LogP contribution in [0.25, 0.3) is 0 Å². The number of carbonyl (C=O) groups is 1. The van der Waals surface area contributed by atoms with Crippen molar-refractivity contribution >= 4 is 5.97 Å². The molecular weight excluding hydrogens is 352 g/mol. The molecule has 0 amide bonds. The Balaban J connectivity index is 0.000000283. The van der Waals surface area contributed by atoms with Gasteiger partial charge in [0, 0.05) is 6.42 Å². The number of unbranched alkanes of at least 4 members (excludes halogenated alkanes) is 3. The van der Waals surface area contributed by atoms with E-state index in [1.807, 2.05) is 30.3 Å². The van der Waals surface area contributed by atoms with Crippen LogP contribution >= 0.6 is 0 Å². The minimum Gasteiger partial charge on any atom is -0.497 e. The molecule has 2 aromatic rings. The SMILES string of the molecule is CCCCCc1cccc(OC)c1.COc1cccc(CCCCC(=O)O)c1. The highest BCUT2D eigenvalue weighted by Crippen LogP contribution is 2.15. The summed E-state index contributed by atoms with van der Waals surface area (Å²) in [6.45, 7) is 2.23. The van der Waals surface area contributed by atoms with Gasteiger partial charge in [0.15, 0.2) is 0 Å². The predicted molar refractivity (Wildman–Crippen MR) is 114 cm³/mol. The molecule has 28 heavy (non-hydrogen) atoms. The highest BCUT2D eigenvalue weighted by molar-refractivity contribution is 5.66. The molecule has 0 saturated carbocycles. The topological polar surface area (TPSA) is 55.8 Å². The van der Waals surface area contributed by atoms with Gasteiger partial charge in [-0.25, -0.2) is 0 Å². The lowest BCUT2D eigenvalue weighted by Crippen LogP contribution is -1.95. The number of hydrogen-bond acceptors (Lipinski definition) is 3. The second-order valence-corrected chi connectivity index (χ2v) is 6.76. The van der Waals surface area contributed by atoms with Crippen LogP contribution in [0, 0.1) is 0 Å². The molecule has 0 bridgehead atoms. The molecule has 0 unspecified atom stereocenters. The van der Waals surface area contributed by atoms with Gasteiger partial charge in [-0.05, 0) is 67.5 Å². The Morgan fingerprint density at radius 1 is 0.821 bits per heavy atom. The number of ether oxygens (including phenoxy) is 2. The van der Waals surface area contributed by atoms with Gasteiger partial charge in [-0.15, -0.1) is 0 Å². The van der Waals surface area contributed by atoms with Gasteiger partial charge in [0.05, 0.1) is 14.2 Å². The molecule has 0 fully saturated rings. The van der Waals surface area contributed by atoms with Gasteiger partial charge < -0.3 is 14.6 Å². The van der Waals surface area contributed by atoms with Crippen molar-refractivity contribution in [3.8, 4) is 11.5 Å². The fraction of sp³-hybridized carbons (Fsp3) is 0.458. The lowest BCUT2D eigenvalue weighted by molar-refractivity contribution is -0.137. The van der Waals surface area contributed by atoms with Crippen molar-refractivity contribution in [1.29, 1.82) is 0 Å². The molecule has 0 aromatic heterocycles. The third-order valence-corrected chi connectivity index (χ3v) is 4.44. The zero-order valence-corrected chi connectivity index (χ0v) is 17.4. The van der Waals surface area contributed by atoms with Crippen LogP contribution in [-0.4, -0.2) is 25.3 Å². The Morgan fingerprint density at radius 2 is 1.32 bits per heavy atom. The number of rotatable bonds is 11. The average molecular weight is 387 g/mol. The van der Waals surface area contributed by atoms with Gasteiger partial charge in [-0.2, -0.15) is 0 Å². The zero-order chi connectivity index (χ0) is 20.6. The number of aryl methyl sites for hydroxylation is 2. The first-order chi connectivity index (χ1) is 13.6. The van der Waals surface area contributed by atoms with E-state index in [2.05, 4.69) is 25.1 Å². The van der Waals surface area contributed by atoms with Gasteiger partial charge >= 0.3 is 5.97 Å². The highest BCUT2D eigenvalue weighted by atomic mass is 16.5. The Kier molecular flexibility index (Phi) is 12.2. The van der Waals surface area contributed by atoms with E-state index in [1.54, 1.807) is 14.2 Å². The minimum atomic E-state index is -0.722. The Hall–Kier alpha value is -2.49. The molecule has 4 heteroatoms. The van der Waals surface area contributed by atoms with E-state index in [4.69, 9.17) is 14.6 Å². The normalized spacial score (nSPS) is 9.96. The van der Waals surface area contributed by atoms with E-state index in [9.17, 15) is 4.79 Å². The highest BCUT2D eigenvalue weighted by Gasteiger charge is 1.99. The Labute approximate surface area is 169 Å². The average Bonchev–Trinajstić information content (AvgIpc) is 2.72. The molecule has 0 heterocycles. The maximum Gasteiger partial charge on any atom is 0.303 e. The second kappa shape index (κ2) is 14.6. The first-order valence-electron chi connectivity index (χ1n) is 10.1. The van der Waals surface area contributed by atoms with Crippen LogP contribution in [-0.2, 0) is 17.6 Å². The van der Waals surface area contributed by atoms with Crippen LogP contribution in [0.2, 0.25) is 0 Å². The van der Waals surface area contributed by atoms with E-state index in [0.717, 1.165) is 30.8 Å². The summed E-state index contributed by atoms with van der Waals surface area (Å²) >= 11 is 0. The molecule has 1 N–H and O–H groups in total. The molecule has 2 aromatic carbocycles. The number of hydrogen-bond donors (Lipinski definition) is 1. The number of benzene rings is 2. The molecule has 154 valence electrons. The van der Waals surface area contributed by atoms with E-state index in [0.29, 0.717) is 0 Å². The van der Waals surface area contributed by atoms with Crippen LogP contribution in [0.4, 0.5) is 0 Å². The smallest absolute Gasteiger partial charge is 0.303 e. The van der Waals surface area contributed by atoms with Crippen LogP contribution in [0.5, 0.6) is 11.5 Å². The Morgan fingerprint density at radius 3 is 1.75 bits per heavy atom. The molecule has 4 nitrogen and oxygen atoms in total. The van der Waals surface area contributed by atoms with Crippen molar-refractivity contribution in [2.45, 2.75) is 58.3 Å². The van der Waals surface area contributed by atoms with Gasteiger partial charge in [-0.1, -0.05) is 44.0 Å². The fourth-order valence-corrected chi connectivity index (χ4v) is 2.84. The molecular formula is C24H34O4. The van der Waals surface area contributed by atoms with Gasteiger partial charge in [-0.3, -0.25) is 4.79 Å². The van der Waals surface area contributed by atoms with Gasteiger partial charge in [0.25, 0.3) is 0 Å². The molecule has 0 radical (unpaired) electrons. The Bertz CT molecular complexity index is 682. The first-order valence-corrected chi connectivity index (χ1v) is 10.1. The van der Waals surface area contributed by atoms with Crippen molar-refractivity contribution in [3.05, 3.63) is 59.7 Å². The fourth-order valence-electron chi connectivity index (χ4n) is 2.84. The number of methoxy groups -OCH3 is 2. The maximum atomic E-state index is 10.3. The largest absolute Gasteiger partial charge is 0.497 e. The van der Waals surface area contributed by atoms with E-state index in [-0.39, 0.29) is 6.42 Å². The lowest BCUT2D eigenvalue weighted by Gasteiger charge is -2.03. The monoisotopic (exact) mass is 386 g/mol. The van der Waals surface area contributed by atoms with Crippen molar-refractivity contribution in [2.75, 3.05) is 14.2 Å². The van der Waals surface area contributed by atoms with Crippen molar-refractivity contribution in [2.24, 2.45) is 0 Å². The first kappa shape index (κ1) is 23.5. The maximum absolute atomic E-state index is 10.3. The standard InChI is InChI=1S/C12H16O3.C12H18O/c1-15-11-7-4-6-10(9-11)5-2-3-8-12(13)14;1-3-4-5-7-11-8-6-9-12(10-11)13-2/h4,6-7,9H,2-3,5,8H2,1H3,(H,13,14);6,8-10H,3-5,7H2,1-2H3. The summed E-state index contributed by atoms with van der Waals surface area (Å²) < 4.78 is 10.3. The quantitative estimate of drug-likeness (QED) is 0.487. The van der Waals surface area contributed by atoms with Crippen molar-refractivity contribution in [3.63, 3.8) is 0 Å². The van der Waals surface area contributed by atoms with E-state index < -0.39 is 5.97 Å².